The van der Waals surface area contributed by atoms with Crippen molar-refractivity contribution in [2.24, 2.45) is 0 Å². The van der Waals surface area contributed by atoms with Crippen LogP contribution in [0.15, 0.2) is 30.6 Å². The largest absolute Gasteiger partial charge is 0.367 e. The lowest BCUT2D eigenvalue weighted by Crippen LogP contribution is -2.20. The van der Waals surface area contributed by atoms with Gasteiger partial charge in [-0.1, -0.05) is 17.7 Å². The number of hydrogen-bond donors (Lipinski definition) is 1. The van der Waals surface area contributed by atoms with Crippen molar-refractivity contribution in [1.29, 1.82) is 0 Å². The molecular weight excluding hydrogens is 324 g/mol. The third-order valence-corrected chi connectivity index (χ3v) is 3.73. The zero-order chi connectivity index (χ0) is 16.8. The number of pyridine rings is 1. The minimum absolute atomic E-state index is 0.0886. The normalized spacial score (nSPS) is 13.4. The summed E-state index contributed by atoms with van der Waals surface area (Å²) in [6, 6.07) is 4.75. The third-order valence-electron chi connectivity index (χ3n) is 3.43. The standard InChI is InChI=1S/C15H14ClF2N5/c1-15(2,18)13(17)8-3-4-10(20-6-8)11-5-9(16)12-7-21-14(19)22-23(11)12/h3-7,13H,1-2H3,(H2,19,22). The number of fused-ring (bicyclic) bond motifs is 1. The zero-order valence-electron chi connectivity index (χ0n) is 12.5. The summed E-state index contributed by atoms with van der Waals surface area (Å²) in [5.74, 6) is 0.0886. The van der Waals surface area contributed by atoms with Gasteiger partial charge in [0.1, 0.15) is 11.2 Å². The van der Waals surface area contributed by atoms with E-state index in [4.69, 9.17) is 17.3 Å². The van der Waals surface area contributed by atoms with Crippen LogP contribution in [0.1, 0.15) is 25.6 Å². The molecule has 0 amide bonds. The Bertz CT molecular complexity index is 855. The van der Waals surface area contributed by atoms with Crippen LogP contribution in [0.2, 0.25) is 5.02 Å². The van der Waals surface area contributed by atoms with E-state index >= 15 is 0 Å². The molecule has 0 spiro atoms. The Labute approximate surface area is 136 Å². The maximum Gasteiger partial charge on any atom is 0.238 e. The summed E-state index contributed by atoms with van der Waals surface area (Å²) in [5.41, 5.74) is 5.46. The average molecular weight is 338 g/mol. The first-order valence-corrected chi connectivity index (χ1v) is 7.24. The Morgan fingerprint density at radius 1 is 1.26 bits per heavy atom. The number of nitrogens with zero attached hydrogens (tertiary/aromatic N) is 4. The molecular formula is C15H14ClF2N5. The van der Waals surface area contributed by atoms with Gasteiger partial charge in [0, 0.05) is 11.8 Å². The van der Waals surface area contributed by atoms with Crippen molar-refractivity contribution >= 4 is 23.1 Å². The molecule has 0 aliphatic heterocycles. The number of halogens is 3. The van der Waals surface area contributed by atoms with E-state index in [-0.39, 0.29) is 11.5 Å². The number of nitrogens with two attached hydrogens (primary N) is 1. The van der Waals surface area contributed by atoms with Crippen molar-refractivity contribution in [3.63, 3.8) is 0 Å². The summed E-state index contributed by atoms with van der Waals surface area (Å²) in [4.78, 5) is 8.08. The molecule has 1 unspecified atom stereocenters. The van der Waals surface area contributed by atoms with Crippen LogP contribution >= 0.6 is 11.6 Å². The number of aromatic nitrogens is 4. The van der Waals surface area contributed by atoms with Gasteiger partial charge in [-0.3, -0.25) is 4.98 Å². The first-order chi connectivity index (χ1) is 10.8. The molecule has 0 saturated carbocycles. The first-order valence-electron chi connectivity index (χ1n) is 6.86. The molecule has 0 aliphatic rings. The number of alkyl halides is 2. The quantitative estimate of drug-likeness (QED) is 0.789. The van der Waals surface area contributed by atoms with Crippen LogP contribution < -0.4 is 5.73 Å². The molecule has 2 N–H and O–H groups in total. The summed E-state index contributed by atoms with van der Waals surface area (Å²) in [6.45, 7) is 2.37. The van der Waals surface area contributed by atoms with Crippen LogP contribution in [0.5, 0.6) is 0 Å². The highest BCUT2D eigenvalue weighted by atomic mass is 35.5. The lowest BCUT2D eigenvalue weighted by Gasteiger charge is -2.19. The summed E-state index contributed by atoms with van der Waals surface area (Å²) < 4.78 is 29.2. The molecule has 5 nitrogen and oxygen atoms in total. The van der Waals surface area contributed by atoms with Crippen LogP contribution in [0.4, 0.5) is 14.7 Å². The number of hydrogen-bond acceptors (Lipinski definition) is 4. The molecule has 1 atom stereocenters. The van der Waals surface area contributed by atoms with Crippen molar-refractivity contribution in [3.8, 4) is 11.4 Å². The van der Waals surface area contributed by atoms with E-state index in [2.05, 4.69) is 15.1 Å². The van der Waals surface area contributed by atoms with Gasteiger partial charge in [0.25, 0.3) is 0 Å². The molecule has 120 valence electrons. The van der Waals surface area contributed by atoms with Crippen LogP contribution in [0, 0.1) is 0 Å². The van der Waals surface area contributed by atoms with Crippen LogP contribution in [-0.2, 0) is 0 Å². The van der Waals surface area contributed by atoms with Gasteiger partial charge in [-0.2, -0.15) is 0 Å². The fraction of sp³-hybridized carbons (Fsp3) is 0.267. The molecule has 0 aliphatic carbocycles. The average Bonchev–Trinajstić information content (AvgIpc) is 2.82. The van der Waals surface area contributed by atoms with Gasteiger partial charge < -0.3 is 5.73 Å². The molecule has 0 fully saturated rings. The second kappa shape index (κ2) is 5.42. The van der Waals surface area contributed by atoms with Crippen LogP contribution in [-0.4, -0.2) is 25.3 Å². The summed E-state index contributed by atoms with van der Waals surface area (Å²) in [5, 5.41) is 4.54. The van der Waals surface area contributed by atoms with Gasteiger partial charge in [0.05, 0.1) is 22.6 Å². The molecule has 3 heterocycles. The summed E-state index contributed by atoms with van der Waals surface area (Å²) >= 11 is 6.14. The molecule has 3 rings (SSSR count). The van der Waals surface area contributed by atoms with E-state index in [1.807, 2.05) is 0 Å². The van der Waals surface area contributed by atoms with Gasteiger partial charge in [-0.15, -0.1) is 5.10 Å². The van der Waals surface area contributed by atoms with E-state index in [0.717, 1.165) is 0 Å². The molecule has 0 radical (unpaired) electrons. The number of anilines is 1. The van der Waals surface area contributed by atoms with E-state index in [1.54, 1.807) is 12.1 Å². The second-order valence-electron chi connectivity index (χ2n) is 5.69. The summed E-state index contributed by atoms with van der Waals surface area (Å²) in [6.07, 6.45) is 1.06. The highest BCUT2D eigenvalue weighted by Crippen LogP contribution is 2.33. The monoisotopic (exact) mass is 337 g/mol. The number of nitrogen functional groups attached to an aromatic ring is 1. The van der Waals surface area contributed by atoms with Crippen molar-refractivity contribution in [2.45, 2.75) is 25.7 Å². The minimum atomic E-state index is -1.98. The molecule has 0 saturated heterocycles. The maximum absolute atomic E-state index is 14.0. The van der Waals surface area contributed by atoms with Crippen LogP contribution in [0.25, 0.3) is 16.9 Å². The molecule has 23 heavy (non-hydrogen) atoms. The van der Waals surface area contributed by atoms with Gasteiger partial charge in [0.2, 0.25) is 5.95 Å². The fourth-order valence-electron chi connectivity index (χ4n) is 2.25. The van der Waals surface area contributed by atoms with E-state index in [1.165, 1.54) is 36.8 Å². The Morgan fingerprint density at radius 2 is 2.00 bits per heavy atom. The van der Waals surface area contributed by atoms with Crippen LogP contribution in [0.3, 0.4) is 0 Å². The molecule has 3 aromatic heterocycles. The predicted octanol–water partition coefficient (Wildman–Crippen LogP) is 3.79. The molecule has 3 aromatic rings. The van der Waals surface area contributed by atoms with Crippen molar-refractivity contribution in [1.82, 2.24) is 19.6 Å². The van der Waals surface area contributed by atoms with Crippen molar-refractivity contribution in [2.75, 3.05) is 5.73 Å². The van der Waals surface area contributed by atoms with Crippen molar-refractivity contribution in [3.05, 3.63) is 41.2 Å². The Balaban J connectivity index is 2.05. The van der Waals surface area contributed by atoms with Gasteiger partial charge in [-0.05, 0) is 26.0 Å². The topological polar surface area (TPSA) is 69.1 Å². The first kappa shape index (κ1) is 15.6. The lowest BCUT2D eigenvalue weighted by atomic mass is 9.99. The van der Waals surface area contributed by atoms with Gasteiger partial charge in [0.15, 0.2) is 6.17 Å². The van der Waals surface area contributed by atoms with E-state index in [9.17, 15) is 8.78 Å². The molecule has 0 bridgehead atoms. The predicted molar refractivity (Wildman–Crippen MR) is 84.7 cm³/mol. The zero-order valence-corrected chi connectivity index (χ0v) is 13.2. The van der Waals surface area contributed by atoms with Gasteiger partial charge >= 0.3 is 0 Å². The van der Waals surface area contributed by atoms with Crippen molar-refractivity contribution < 1.29 is 8.78 Å². The fourth-order valence-corrected chi connectivity index (χ4v) is 2.48. The van der Waals surface area contributed by atoms with E-state index < -0.39 is 11.8 Å². The maximum atomic E-state index is 14.0. The minimum Gasteiger partial charge on any atom is -0.367 e. The second-order valence-corrected chi connectivity index (χ2v) is 6.10. The van der Waals surface area contributed by atoms with Gasteiger partial charge in [-0.25, -0.2) is 18.3 Å². The lowest BCUT2D eigenvalue weighted by molar-refractivity contribution is 0.0850. The van der Waals surface area contributed by atoms with E-state index in [0.29, 0.717) is 21.9 Å². The Morgan fingerprint density at radius 3 is 2.61 bits per heavy atom. The summed E-state index contributed by atoms with van der Waals surface area (Å²) in [7, 11) is 0. The number of rotatable bonds is 3. The SMILES string of the molecule is CC(C)(F)C(F)c1ccc(-c2cc(Cl)c3cnc(N)nn23)nc1. The third kappa shape index (κ3) is 2.84. The Hall–Kier alpha value is -2.28. The Kier molecular flexibility index (Phi) is 3.68. The highest BCUT2D eigenvalue weighted by Gasteiger charge is 2.30. The molecule has 8 heteroatoms. The molecule has 0 aromatic carbocycles. The highest BCUT2D eigenvalue weighted by molar-refractivity contribution is 6.34. The smallest absolute Gasteiger partial charge is 0.238 e.